The summed E-state index contributed by atoms with van der Waals surface area (Å²) < 4.78 is 5.52. The molecule has 0 amide bonds. The summed E-state index contributed by atoms with van der Waals surface area (Å²) in [6, 6.07) is 19.7. The average Bonchev–Trinajstić information content (AvgIpc) is 2.64. The van der Waals surface area contributed by atoms with Gasteiger partial charge >= 0.3 is 5.97 Å². The summed E-state index contributed by atoms with van der Waals surface area (Å²) in [4.78, 5) is 11.9. The lowest BCUT2D eigenvalue weighted by molar-refractivity contribution is -0.135. The zero-order chi connectivity index (χ0) is 17.2. The van der Waals surface area contributed by atoms with E-state index in [0.717, 1.165) is 11.1 Å². The van der Waals surface area contributed by atoms with Crippen LogP contribution in [0.4, 0.5) is 0 Å². The average molecular weight is 358 g/mol. The van der Waals surface area contributed by atoms with Crippen molar-refractivity contribution in [1.29, 1.82) is 0 Å². The Hall–Kier alpha value is -2.11. The van der Waals surface area contributed by atoms with Crippen LogP contribution in [0.25, 0.3) is 6.08 Å². The fraction of sp³-hybridized carbons (Fsp3) is 0.158. The van der Waals surface area contributed by atoms with Crippen molar-refractivity contribution in [2.75, 3.05) is 12.9 Å². The van der Waals surface area contributed by atoms with Crippen molar-refractivity contribution in [1.82, 2.24) is 5.32 Å². The van der Waals surface area contributed by atoms with Crippen LogP contribution in [0.3, 0.4) is 0 Å². The van der Waals surface area contributed by atoms with Crippen molar-refractivity contribution < 1.29 is 9.53 Å². The van der Waals surface area contributed by atoms with Crippen LogP contribution in [0.2, 0.25) is 0 Å². The topological polar surface area (TPSA) is 38.3 Å². The van der Waals surface area contributed by atoms with E-state index in [4.69, 9.17) is 17.0 Å². The molecule has 0 bridgehead atoms. The molecule has 1 N–H and O–H groups in total. The van der Waals surface area contributed by atoms with Crippen LogP contribution < -0.4 is 5.32 Å². The maximum atomic E-state index is 11.9. The number of carbonyl (C=O) groups excluding carboxylic acids is 1. The van der Waals surface area contributed by atoms with E-state index in [0.29, 0.717) is 22.2 Å². The van der Waals surface area contributed by atoms with E-state index in [9.17, 15) is 4.79 Å². The molecule has 0 aliphatic carbocycles. The number of esters is 1. The van der Waals surface area contributed by atoms with Crippen LogP contribution in [0.5, 0.6) is 0 Å². The Labute approximate surface area is 152 Å². The van der Waals surface area contributed by atoms with Gasteiger partial charge in [-0.1, -0.05) is 84.6 Å². The quantitative estimate of drug-likeness (QED) is 0.480. The first-order chi connectivity index (χ1) is 11.7. The number of thiocarbonyl (C=S) groups is 1. The Kier molecular flexibility index (Phi) is 7.52. The molecular formula is C19H19NO2S2. The van der Waals surface area contributed by atoms with Crippen molar-refractivity contribution in [2.45, 2.75) is 6.54 Å². The molecule has 0 saturated carbocycles. The molecule has 0 heterocycles. The predicted octanol–water partition coefficient (Wildman–Crippen LogP) is 4.05. The summed E-state index contributed by atoms with van der Waals surface area (Å²) in [7, 11) is 1.39. The number of benzene rings is 2. The maximum absolute atomic E-state index is 11.9. The largest absolute Gasteiger partial charge is 0.466 e. The molecule has 124 valence electrons. The minimum Gasteiger partial charge on any atom is -0.466 e. The lowest BCUT2D eigenvalue weighted by Crippen LogP contribution is -2.19. The summed E-state index contributed by atoms with van der Waals surface area (Å²) in [5.41, 5.74) is 2.70. The van der Waals surface area contributed by atoms with Crippen molar-refractivity contribution >= 4 is 40.3 Å². The highest BCUT2D eigenvalue weighted by molar-refractivity contribution is 8.23. The first-order valence-corrected chi connectivity index (χ1v) is 8.87. The Morgan fingerprint density at radius 3 is 2.38 bits per heavy atom. The molecule has 0 fully saturated rings. The normalized spacial score (nSPS) is 11.0. The van der Waals surface area contributed by atoms with E-state index in [1.165, 1.54) is 18.9 Å². The fourth-order valence-electron chi connectivity index (χ4n) is 2.01. The van der Waals surface area contributed by atoms with E-state index < -0.39 is 0 Å². The van der Waals surface area contributed by atoms with Crippen LogP contribution >= 0.6 is 24.0 Å². The monoisotopic (exact) mass is 357 g/mol. The lowest BCUT2D eigenvalue weighted by atomic mass is 10.1. The highest BCUT2D eigenvalue weighted by atomic mass is 32.2. The van der Waals surface area contributed by atoms with Gasteiger partial charge in [-0.2, -0.15) is 0 Å². The SMILES string of the molecule is COC(=O)/C(=C/c1ccccc1)CSC(=S)NCc1ccccc1. The summed E-state index contributed by atoms with van der Waals surface area (Å²) in [5, 5.41) is 3.19. The number of ether oxygens (including phenoxy) is 1. The number of carbonyl (C=O) groups is 1. The molecule has 2 aromatic rings. The number of hydrogen-bond donors (Lipinski definition) is 1. The van der Waals surface area contributed by atoms with Crippen molar-refractivity contribution in [2.24, 2.45) is 0 Å². The van der Waals surface area contributed by atoms with Crippen LogP contribution in [0.15, 0.2) is 66.2 Å². The molecular weight excluding hydrogens is 338 g/mol. The number of nitrogens with one attached hydrogen (secondary N) is 1. The molecule has 0 spiro atoms. The van der Waals surface area contributed by atoms with Gasteiger partial charge in [-0.05, 0) is 17.2 Å². The van der Waals surface area contributed by atoms with Crippen LogP contribution in [0.1, 0.15) is 11.1 Å². The molecule has 5 heteroatoms. The summed E-state index contributed by atoms with van der Waals surface area (Å²) in [5.74, 6) is 0.125. The second kappa shape index (κ2) is 9.90. The minimum atomic E-state index is -0.336. The van der Waals surface area contributed by atoms with E-state index in [1.54, 1.807) is 0 Å². The van der Waals surface area contributed by atoms with Gasteiger partial charge in [-0.3, -0.25) is 0 Å². The van der Waals surface area contributed by atoms with Gasteiger partial charge in [0.2, 0.25) is 0 Å². The van der Waals surface area contributed by atoms with E-state index in [1.807, 2.05) is 66.7 Å². The number of hydrogen-bond acceptors (Lipinski definition) is 4. The summed E-state index contributed by atoms with van der Waals surface area (Å²) >= 11 is 6.75. The van der Waals surface area contributed by atoms with Gasteiger partial charge in [0, 0.05) is 17.9 Å². The first kappa shape index (κ1) is 18.2. The number of thioether (sulfide) groups is 1. The maximum Gasteiger partial charge on any atom is 0.334 e. The van der Waals surface area contributed by atoms with Gasteiger partial charge in [0.05, 0.1) is 7.11 Å². The predicted molar refractivity (Wildman–Crippen MR) is 105 cm³/mol. The molecule has 0 atom stereocenters. The zero-order valence-corrected chi connectivity index (χ0v) is 15.0. The molecule has 2 aromatic carbocycles. The Balaban J connectivity index is 1.91. The standard InChI is InChI=1S/C19H19NO2S2/c1-22-18(21)17(12-15-8-4-2-5-9-15)14-24-19(23)20-13-16-10-6-3-7-11-16/h2-12H,13-14H2,1H3,(H,20,23)/b17-12+. The third kappa shape index (κ3) is 6.18. The van der Waals surface area contributed by atoms with Crippen molar-refractivity contribution in [3.8, 4) is 0 Å². The molecule has 0 saturated heterocycles. The van der Waals surface area contributed by atoms with Gasteiger partial charge in [0.1, 0.15) is 4.32 Å². The third-order valence-corrected chi connectivity index (χ3v) is 4.59. The van der Waals surface area contributed by atoms with E-state index in [2.05, 4.69) is 5.32 Å². The van der Waals surface area contributed by atoms with Crippen molar-refractivity contribution in [3.63, 3.8) is 0 Å². The smallest absolute Gasteiger partial charge is 0.334 e. The highest BCUT2D eigenvalue weighted by Gasteiger charge is 2.11. The van der Waals surface area contributed by atoms with E-state index >= 15 is 0 Å². The van der Waals surface area contributed by atoms with Crippen LogP contribution in [-0.2, 0) is 16.1 Å². The molecule has 0 aromatic heterocycles. The Morgan fingerprint density at radius 2 is 1.75 bits per heavy atom. The zero-order valence-electron chi connectivity index (χ0n) is 13.4. The molecule has 24 heavy (non-hydrogen) atoms. The molecule has 0 unspecified atom stereocenters. The minimum absolute atomic E-state index is 0.336. The third-order valence-electron chi connectivity index (χ3n) is 3.23. The fourth-order valence-corrected chi connectivity index (χ4v) is 2.92. The first-order valence-electron chi connectivity index (χ1n) is 7.47. The second-order valence-electron chi connectivity index (χ2n) is 4.99. The van der Waals surface area contributed by atoms with Gasteiger partial charge in [-0.15, -0.1) is 0 Å². The van der Waals surface area contributed by atoms with Gasteiger partial charge < -0.3 is 10.1 Å². The number of rotatable bonds is 6. The molecule has 0 aliphatic rings. The van der Waals surface area contributed by atoms with Crippen LogP contribution in [0, 0.1) is 0 Å². The Morgan fingerprint density at radius 1 is 1.12 bits per heavy atom. The highest BCUT2D eigenvalue weighted by Crippen LogP contribution is 2.15. The Bertz CT molecular complexity index is 700. The second-order valence-corrected chi connectivity index (χ2v) is 6.64. The van der Waals surface area contributed by atoms with Gasteiger partial charge in [0.25, 0.3) is 0 Å². The molecule has 0 aliphatic heterocycles. The van der Waals surface area contributed by atoms with Crippen LogP contribution in [-0.4, -0.2) is 23.2 Å². The van der Waals surface area contributed by atoms with Gasteiger partial charge in [0.15, 0.2) is 0 Å². The number of methoxy groups -OCH3 is 1. The summed E-state index contributed by atoms with van der Waals surface area (Å²) in [6.45, 7) is 0.669. The molecule has 0 radical (unpaired) electrons. The molecule has 3 nitrogen and oxygen atoms in total. The van der Waals surface area contributed by atoms with Gasteiger partial charge in [-0.25, -0.2) is 4.79 Å². The van der Waals surface area contributed by atoms with E-state index in [-0.39, 0.29) is 5.97 Å². The lowest BCUT2D eigenvalue weighted by Gasteiger charge is -2.09. The summed E-state index contributed by atoms with van der Waals surface area (Å²) in [6.07, 6.45) is 1.83. The molecule has 2 rings (SSSR count). The van der Waals surface area contributed by atoms with Crippen molar-refractivity contribution in [3.05, 3.63) is 77.4 Å².